The molecule has 6 nitrogen and oxygen atoms in total. The lowest BCUT2D eigenvalue weighted by atomic mass is 10.1. The third-order valence-corrected chi connectivity index (χ3v) is 5.32. The normalized spacial score (nSPS) is 14.5. The lowest BCUT2D eigenvalue weighted by molar-refractivity contribution is 0.0746. The first-order valence-corrected chi connectivity index (χ1v) is 10.2. The average molecular weight is 408 g/mol. The van der Waals surface area contributed by atoms with E-state index in [9.17, 15) is 14.0 Å². The number of piperazine rings is 1. The molecule has 1 aromatic heterocycles. The highest BCUT2D eigenvalue weighted by Gasteiger charge is 2.25. The van der Waals surface area contributed by atoms with Crippen LogP contribution in [0.15, 0.2) is 53.3 Å². The van der Waals surface area contributed by atoms with Gasteiger partial charge in [-0.1, -0.05) is 32.0 Å². The van der Waals surface area contributed by atoms with Gasteiger partial charge in [-0.2, -0.15) is 0 Å². The fourth-order valence-corrected chi connectivity index (χ4v) is 3.86. The maximum Gasteiger partial charge on any atom is 0.294 e. The van der Waals surface area contributed by atoms with Gasteiger partial charge in [-0.05, 0) is 36.2 Å². The molecular formula is C23H25FN4O2. The number of carbonyl (C=O) groups is 1. The monoisotopic (exact) mass is 408 g/mol. The summed E-state index contributed by atoms with van der Waals surface area (Å²) in [5, 5.41) is 0. The zero-order valence-electron chi connectivity index (χ0n) is 17.2. The number of hydrogen-bond donors (Lipinski definition) is 0. The van der Waals surface area contributed by atoms with E-state index in [1.165, 1.54) is 18.2 Å². The molecule has 1 saturated heterocycles. The van der Waals surface area contributed by atoms with Crippen molar-refractivity contribution in [2.45, 2.75) is 20.4 Å². The van der Waals surface area contributed by atoms with Gasteiger partial charge in [0.25, 0.3) is 11.5 Å². The van der Waals surface area contributed by atoms with Crippen molar-refractivity contribution in [2.75, 3.05) is 31.1 Å². The highest BCUT2D eigenvalue weighted by atomic mass is 19.1. The molecule has 0 atom stereocenters. The Morgan fingerprint density at radius 3 is 2.50 bits per heavy atom. The van der Waals surface area contributed by atoms with Crippen LogP contribution in [0.3, 0.4) is 0 Å². The number of benzene rings is 2. The number of amides is 1. The van der Waals surface area contributed by atoms with Crippen LogP contribution in [0.4, 0.5) is 10.2 Å². The molecule has 0 radical (unpaired) electrons. The van der Waals surface area contributed by atoms with E-state index in [2.05, 4.69) is 18.8 Å². The summed E-state index contributed by atoms with van der Waals surface area (Å²) in [6, 6.07) is 13.4. The minimum absolute atomic E-state index is 0.104. The Labute approximate surface area is 174 Å². The number of hydrogen-bond acceptors (Lipinski definition) is 4. The second-order valence-corrected chi connectivity index (χ2v) is 8.02. The lowest BCUT2D eigenvalue weighted by Gasteiger charge is -2.35. The molecule has 156 valence electrons. The molecule has 2 heterocycles. The maximum atomic E-state index is 13.5. The van der Waals surface area contributed by atoms with Gasteiger partial charge in [-0.15, -0.1) is 0 Å². The molecule has 0 aliphatic carbocycles. The summed E-state index contributed by atoms with van der Waals surface area (Å²) in [7, 11) is 0. The SMILES string of the molecule is CC(C)Cn1c(=O)c(N2CCN(C(=O)c3cccc(F)c3)CC2)nc2ccccc21. The molecule has 2 aromatic carbocycles. The fourth-order valence-electron chi connectivity index (χ4n) is 3.86. The summed E-state index contributed by atoms with van der Waals surface area (Å²) < 4.78 is 15.3. The number of carbonyl (C=O) groups excluding carboxylic acids is 1. The lowest BCUT2D eigenvalue weighted by Crippen LogP contribution is -2.50. The van der Waals surface area contributed by atoms with Gasteiger partial charge in [0.1, 0.15) is 5.82 Å². The molecule has 1 aliphatic rings. The standard InChI is InChI=1S/C23H25FN4O2/c1-16(2)15-28-20-9-4-3-8-19(20)25-21(23(28)30)26-10-12-27(13-11-26)22(29)17-6-5-7-18(24)14-17/h3-9,14,16H,10-13,15H2,1-2H3. The number of anilines is 1. The quantitative estimate of drug-likeness (QED) is 0.666. The molecule has 0 saturated carbocycles. The van der Waals surface area contributed by atoms with Crippen LogP contribution < -0.4 is 10.5 Å². The van der Waals surface area contributed by atoms with Crippen LogP contribution in [-0.4, -0.2) is 46.5 Å². The van der Waals surface area contributed by atoms with Crippen LogP contribution in [0.5, 0.6) is 0 Å². The fraction of sp³-hybridized carbons (Fsp3) is 0.348. The summed E-state index contributed by atoms with van der Waals surface area (Å²) in [5.74, 6) is 0.123. The van der Waals surface area contributed by atoms with Crippen molar-refractivity contribution in [1.29, 1.82) is 0 Å². The minimum Gasteiger partial charge on any atom is -0.348 e. The smallest absolute Gasteiger partial charge is 0.294 e. The number of para-hydroxylation sites is 2. The topological polar surface area (TPSA) is 58.4 Å². The second-order valence-electron chi connectivity index (χ2n) is 8.02. The number of rotatable bonds is 4. The predicted octanol–water partition coefficient (Wildman–Crippen LogP) is 3.15. The maximum absolute atomic E-state index is 13.5. The van der Waals surface area contributed by atoms with Gasteiger partial charge in [-0.3, -0.25) is 9.59 Å². The van der Waals surface area contributed by atoms with E-state index in [-0.39, 0.29) is 11.5 Å². The molecule has 30 heavy (non-hydrogen) atoms. The van der Waals surface area contributed by atoms with Crippen molar-refractivity contribution in [2.24, 2.45) is 5.92 Å². The Kier molecular flexibility index (Phi) is 5.53. The third-order valence-electron chi connectivity index (χ3n) is 5.32. The van der Waals surface area contributed by atoms with Crippen LogP contribution in [0.25, 0.3) is 11.0 Å². The van der Waals surface area contributed by atoms with Crippen molar-refractivity contribution < 1.29 is 9.18 Å². The largest absolute Gasteiger partial charge is 0.348 e. The van der Waals surface area contributed by atoms with E-state index in [0.717, 1.165) is 11.0 Å². The second kappa shape index (κ2) is 8.26. The first kappa shape index (κ1) is 20.1. The molecule has 3 aromatic rings. The van der Waals surface area contributed by atoms with Gasteiger partial charge in [0.05, 0.1) is 11.0 Å². The summed E-state index contributed by atoms with van der Waals surface area (Å²) in [6.07, 6.45) is 0. The zero-order chi connectivity index (χ0) is 21.3. The molecular weight excluding hydrogens is 383 g/mol. The van der Waals surface area contributed by atoms with Gasteiger partial charge < -0.3 is 14.4 Å². The molecule has 4 rings (SSSR count). The molecule has 0 bridgehead atoms. The summed E-state index contributed by atoms with van der Waals surface area (Å²) >= 11 is 0. The Hall–Kier alpha value is -3.22. The van der Waals surface area contributed by atoms with Crippen LogP contribution >= 0.6 is 0 Å². The molecule has 7 heteroatoms. The Balaban J connectivity index is 1.58. The molecule has 1 aliphatic heterocycles. The van der Waals surface area contributed by atoms with E-state index >= 15 is 0 Å². The zero-order valence-corrected chi connectivity index (χ0v) is 17.2. The van der Waals surface area contributed by atoms with Gasteiger partial charge >= 0.3 is 0 Å². The molecule has 1 fully saturated rings. The van der Waals surface area contributed by atoms with Crippen LogP contribution in [-0.2, 0) is 6.54 Å². The van der Waals surface area contributed by atoms with Gasteiger partial charge in [-0.25, -0.2) is 9.37 Å². The number of aromatic nitrogens is 2. The molecule has 0 N–H and O–H groups in total. The minimum atomic E-state index is -0.425. The Bertz CT molecular complexity index is 1130. The number of halogens is 1. The first-order chi connectivity index (χ1) is 14.4. The number of nitrogens with zero attached hydrogens (tertiary/aromatic N) is 4. The van der Waals surface area contributed by atoms with Crippen LogP contribution in [0.2, 0.25) is 0 Å². The molecule has 1 amide bonds. The average Bonchev–Trinajstić information content (AvgIpc) is 2.75. The van der Waals surface area contributed by atoms with Crippen molar-refractivity contribution in [3.63, 3.8) is 0 Å². The van der Waals surface area contributed by atoms with Gasteiger partial charge in [0.2, 0.25) is 0 Å². The third kappa shape index (κ3) is 3.92. The number of fused-ring (bicyclic) bond motifs is 1. The van der Waals surface area contributed by atoms with E-state index in [1.807, 2.05) is 29.2 Å². The van der Waals surface area contributed by atoms with Crippen molar-refractivity contribution in [3.8, 4) is 0 Å². The van der Waals surface area contributed by atoms with E-state index in [4.69, 9.17) is 0 Å². The van der Waals surface area contributed by atoms with Gasteiger partial charge in [0.15, 0.2) is 5.82 Å². The van der Waals surface area contributed by atoms with Crippen molar-refractivity contribution >= 4 is 22.8 Å². The highest BCUT2D eigenvalue weighted by Crippen LogP contribution is 2.18. The predicted molar refractivity (Wildman–Crippen MR) is 115 cm³/mol. The van der Waals surface area contributed by atoms with Crippen LogP contribution in [0, 0.1) is 11.7 Å². The Morgan fingerprint density at radius 1 is 1.07 bits per heavy atom. The first-order valence-electron chi connectivity index (χ1n) is 10.2. The highest BCUT2D eigenvalue weighted by molar-refractivity contribution is 5.94. The van der Waals surface area contributed by atoms with Crippen molar-refractivity contribution in [1.82, 2.24) is 14.5 Å². The Morgan fingerprint density at radius 2 is 1.80 bits per heavy atom. The summed E-state index contributed by atoms with van der Waals surface area (Å²) in [4.78, 5) is 34.2. The van der Waals surface area contributed by atoms with Crippen molar-refractivity contribution in [3.05, 3.63) is 70.3 Å². The van der Waals surface area contributed by atoms with E-state index in [1.54, 1.807) is 15.5 Å². The summed E-state index contributed by atoms with van der Waals surface area (Å²) in [6.45, 7) is 6.69. The van der Waals surface area contributed by atoms with Crippen LogP contribution in [0.1, 0.15) is 24.2 Å². The summed E-state index contributed by atoms with van der Waals surface area (Å²) in [5.41, 5.74) is 1.85. The van der Waals surface area contributed by atoms with Gasteiger partial charge in [0, 0.05) is 38.3 Å². The molecule has 0 spiro atoms. The molecule has 0 unspecified atom stereocenters. The van der Waals surface area contributed by atoms with E-state index in [0.29, 0.717) is 50.0 Å². The van der Waals surface area contributed by atoms with E-state index < -0.39 is 5.82 Å².